The average molecular weight is 302 g/mol. The second kappa shape index (κ2) is 6.37. The second-order valence-corrected chi connectivity index (χ2v) is 7.29. The fraction of sp³-hybridized carbons (Fsp3) is 0.500. The molecule has 1 N–H and O–H groups in total. The van der Waals surface area contributed by atoms with Crippen LogP contribution in [-0.2, 0) is 4.79 Å². The maximum absolute atomic E-state index is 12.5. The van der Waals surface area contributed by atoms with E-state index < -0.39 is 0 Å². The Morgan fingerprint density at radius 3 is 2.81 bits per heavy atom. The molecule has 2 aliphatic carbocycles. The first-order valence-electron chi connectivity index (χ1n) is 7.82. The van der Waals surface area contributed by atoms with Crippen LogP contribution in [0.5, 0.6) is 0 Å². The van der Waals surface area contributed by atoms with Crippen molar-refractivity contribution in [1.82, 2.24) is 0 Å². The van der Waals surface area contributed by atoms with Crippen molar-refractivity contribution in [3.8, 4) is 0 Å². The molecule has 0 amide bonds. The van der Waals surface area contributed by atoms with Gasteiger partial charge in [-0.25, -0.2) is 0 Å². The summed E-state index contributed by atoms with van der Waals surface area (Å²) >= 11 is 1.35. The standard InChI is InChI=1S/C18H22O2S/c19-13-18-10-5-4-6-15(18)12-14(9-11-18)17(20)21-16-7-2-1-3-8-16/h1-3,7-8,12,14,19H,4-6,9-11,13H2. The second-order valence-electron chi connectivity index (χ2n) is 6.22. The van der Waals surface area contributed by atoms with E-state index in [9.17, 15) is 9.90 Å². The normalized spacial score (nSPS) is 28.6. The van der Waals surface area contributed by atoms with Crippen LogP contribution in [0.3, 0.4) is 0 Å². The third kappa shape index (κ3) is 3.09. The summed E-state index contributed by atoms with van der Waals surface area (Å²) in [6.07, 6.45) is 8.55. The lowest BCUT2D eigenvalue weighted by Crippen LogP contribution is -2.35. The molecule has 1 fully saturated rings. The van der Waals surface area contributed by atoms with Crippen LogP contribution >= 0.6 is 11.8 Å². The minimum Gasteiger partial charge on any atom is -0.395 e. The van der Waals surface area contributed by atoms with Crippen molar-refractivity contribution in [2.45, 2.75) is 43.4 Å². The molecular weight excluding hydrogens is 280 g/mol. The van der Waals surface area contributed by atoms with Gasteiger partial charge >= 0.3 is 0 Å². The number of carbonyl (C=O) groups excluding carboxylic acids is 1. The Morgan fingerprint density at radius 2 is 2.05 bits per heavy atom. The monoisotopic (exact) mass is 302 g/mol. The molecular formula is C18H22O2S. The first-order valence-corrected chi connectivity index (χ1v) is 8.64. The molecule has 2 atom stereocenters. The highest BCUT2D eigenvalue weighted by atomic mass is 32.2. The largest absolute Gasteiger partial charge is 0.395 e. The van der Waals surface area contributed by atoms with Gasteiger partial charge < -0.3 is 5.11 Å². The summed E-state index contributed by atoms with van der Waals surface area (Å²) in [4.78, 5) is 13.5. The number of aliphatic hydroxyl groups excluding tert-OH is 1. The molecule has 0 heterocycles. The van der Waals surface area contributed by atoms with E-state index in [0.29, 0.717) is 0 Å². The van der Waals surface area contributed by atoms with Crippen molar-refractivity contribution in [3.05, 3.63) is 42.0 Å². The van der Waals surface area contributed by atoms with Crippen LogP contribution in [0, 0.1) is 11.3 Å². The number of hydrogen-bond acceptors (Lipinski definition) is 3. The SMILES string of the molecule is O=C(Sc1ccccc1)C1C=C2CCCCC2(CO)CC1. The van der Waals surface area contributed by atoms with Gasteiger partial charge in [0.05, 0.1) is 6.61 Å². The zero-order valence-corrected chi connectivity index (χ0v) is 13.1. The highest BCUT2D eigenvalue weighted by Crippen LogP contribution is 2.49. The summed E-state index contributed by atoms with van der Waals surface area (Å²) < 4.78 is 0. The molecule has 0 radical (unpaired) electrons. The van der Waals surface area contributed by atoms with Crippen LogP contribution in [0.25, 0.3) is 0 Å². The Balaban J connectivity index is 1.74. The van der Waals surface area contributed by atoms with Crippen molar-refractivity contribution < 1.29 is 9.90 Å². The number of carbonyl (C=O) groups is 1. The third-order valence-corrected chi connectivity index (χ3v) is 5.95. The summed E-state index contributed by atoms with van der Waals surface area (Å²) in [6, 6.07) is 9.86. The molecule has 0 bridgehead atoms. The number of thioether (sulfide) groups is 1. The van der Waals surface area contributed by atoms with Gasteiger partial charge in [-0.2, -0.15) is 0 Å². The highest BCUT2D eigenvalue weighted by molar-refractivity contribution is 8.13. The van der Waals surface area contributed by atoms with Crippen molar-refractivity contribution in [1.29, 1.82) is 0 Å². The molecule has 0 aromatic heterocycles. The Bertz CT molecular complexity index is 537. The van der Waals surface area contributed by atoms with Gasteiger partial charge in [0.2, 0.25) is 5.12 Å². The van der Waals surface area contributed by atoms with Crippen molar-refractivity contribution in [2.75, 3.05) is 6.61 Å². The van der Waals surface area contributed by atoms with E-state index in [1.54, 1.807) is 0 Å². The summed E-state index contributed by atoms with van der Waals surface area (Å²) in [7, 11) is 0. The van der Waals surface area contributed by atoms with E-state index in [2.05, 4.69) is 6.08 Å². The van der Waals surface area contributed by atoms with Crippen LogP contribution in [0.4, 0.5) is 0 Å². The Labute approximate surface area is 130 Å². The maximum Gasteiger partial charge on any atom is 0.200 e. The number of rotatable bonds is 3. The molecule has 0 aliphatic heterocycles. The van der Waals surface area contributed by atoms with Gasteiger partial charge in [0.1, 0.15) is 0 Å². The fourth-order valence-electron chi connectivity index (χ4n) is 3.63. The van der Waals surface area contributed by atoms with E-state index in [1.165, 1.54) is 30.2 Å². The molecule has 1 saturated carbocycles. The smallest absolute Gasteiger partial charge is 0.200 e. The van der Waals surface area contributed by atoms with E-state index in [-0.39, 0.29) is 23.1 Å². The van der Waals surface area contributed by atoms with Gasteiger partial charge in [-0.05, 0) is 44.2 Å². The number of aliphatic hydroxyl groups is 1. The van der Waals surface area contributed by atoms with Gasteiger partial charge in [0, 0.05) is 16.2 Å². The summed E-state index contributed by atoms with van der Waals surface area (Å²) in [6.45, 7) is 0.242. The van der Waals surface area contributed by atoms with Gasteiger partial charge in [-0.1, -0.05) is 48.0 Å². The molecule has 2 nitrogen and oxygen atoms in total. The minimum absolute atomic E-state index is 0.00750. The number of allylic oxidation sites excluding steroid dienone is 1. The van der Waals surface area contributed by atoms with Crippen LogP contribution in [0.2, 0.25) is 0 Å². The molecule has 1 aromatic carbocycles. The predicted molar refractivity (Wildman–Crippen MR) is 86.1 cm³/mol. The van der Waals surface area contributed by atoms with Crippen molar-refractivity contribution >= 4 is 16.9 Å². The number of fused-ring (bicyclic) bond motifs is 1. The minimum atomic E-state index is -0.00750. The Kier molecular flexibility index (Phi) is 4.51. The molecule has 0 spiro atoms. The lowest BCUT2D eigenvalue weighted by atomic mass is 9.64. The molecule has 2 unspecified atom stereocenters. The number of hydrogen-bond donors (Lipinski definition) is 1. The van der Waals surface area contributed by atoms with E-state index >= 15 is 0 Å². The molecule has 2 aliphatic rings. The first kappa shape index (κ1) is 14.9. The average Bonchev–Trinajstić information content (AvgIpc) is 2.55. The molecule has 3 heteroatoms. The van der Waals surface area contributed by atoms with Gasteiger partial charge in [-0.3, -0.25) is 4.79 Å². The van der Waals surface area contributed by atoms with Gasteiger partial charge in [0.25, 0.3) is 0 Å². The zero-order chi connectivity index (χ0) is 14.7. The quantitative estimate of drug-likeness (QED) is 0.672. The van der Waals surface area contributed by atoms with Gasteiger partial charge in [0.15, 0.2) is 0 Å². The van der Waals surface area contributed by atoms with E-state index in [1.807, 2.05) is 30.3 Å². The highest BCUT2D eigenvalue weighted by Gasteiger charge is 2.40. The third-order valence-electron chi connectivity index (χ3n) is 4.94. The molecule has 1 aromatic rings. The van der Waals surface area contributed by atoms with E-state index in [4.69, 9.17) is 0 Å². The fourth-order valence-corrected chi connectivity index (χ4v) is 4.50. The molecule has 3 rings (SSSR count). The van der Waals surface area contributed by atoms with Gasteiger partial charge in [-0.15, -0.1) is 0 Å². The van der Waals surface area contributed by atoms with Crippen molar-refractivity contribution in [3.63, 3.8) is 0 Å². The van der Waals surface area contributed by atoms with E-state index in [0.717, 1.165) is 30.6 Å². The summed E-state index contributed by atoms with van der Waals surface area (Å²) in [5, 5.41) is 10.0. The topological polar surface area (TPSA) is 37.3 Å². The van der Waals surface area contributed by atoms with Crippen molar-refractivity contribution in [2.24, 2.45) is 11.3 Å². The molecule has 0 saturated heterocycles. The van der Waals surface area contributed by atoms with Crippen LogP contribution in [0.1, 0.15) is 38.5 Å². The Hall–Kier alpha value is -1.06. The first-order chi connectivity index (χ1) is 10.2. The van der Waals surface area contributed by atoms with Crippen LogP contribution in [-0.4, -0.2) is 16.8 Å². The predicted octanol–water partition coefficient (Wildman–Crippen LogP) is 4.19. The molecule has 112 valence electrons. The maximum atomic E-state index is 12.5. The Morgan fingerprint density at radius 1 is 1.24 bits per heavy atom. The molecule has 21 heavy (non-hydrogen) atoms. The summed E-state index contributed by atoms with van der Waals surface area (Å²) in [5.74, 6) is 0.0166. The number of benzene rings is 1. The van der Waals surface area contributed by atoms with Crippen LogP contribution < -0.4 is 0 Å². The zero-order valence-electron chi connectivity index (χ0n) is 12.3. The lowest BCUT2D eigenvalue weighted by Gasteiger charge is -2.42. The summed E-state index contributed by atoms with van der Waals surface area (Å²) in [5.41, 5.74) is 1.33. The van der Waals surface area contributed by atoms with Crippen LogP contribution in [0.15, 0.2) is 46.9 Å². The lowest BCUT2D eigenvalue weighted by molar-refractivity contribution is -0.113.